The monoisotopic (exact) mass is 192 g/mol. The van der Waals surface area contributed by atoms with Gasteiger partial charge < -0.3 is 0 Å². The highest BCUT2D eigenvalue weighted by atomic mass is 35.5. The first-order valence-electron chi connectivity index (χ1n) is 3.37. The molecule has 0 spiro atoms. The maximum Gasteiger partial charge on any atom is 0.171 e. The molecule has 0 N–H and O–H groups in total. The minimum absolute atomic E-state index is 0.0802. The largest absolute Gasteiger partial charge is 0.293 e. The van der Waals surface area contributed by atoms with E-state index >= 15 is 0 Å². The molecule has 0 bridgehead atoms. The van der Waals surface area contributed by atoms with Gasteiger partial charge in [0.05, 0.1) is 5.03 Å². The number of halogens is 1. The summed E-state index contributed by atoms with van der Waals surface area (Å²) in [5.74, 6) is -0.0802. The zero-order valence-electron chi connectivity index (χ0n) is 7.27. The summed E-state index contributed by atoms with van der Waals surface area (Å²) < 4.78 is 0.121. The highest BCUT2D eigenvalue weighted by molar-refractivity contribution is 8.03. The maximum absolute atomic E-state index is 10.6. The summed E-state index contributed by atoms with van der Waals surface area (Å²) in [5, 5.41) is 2.01. The van der Waals surface area contributed by atoms with Crippen LogP contribution in [-0.2, 0) is 4.79 Å². The topological polar surface area (TPSA) is 17.1 Å². The Morgan fingerprint density at radius 2 is 1.91 bits per heavy atom. The summed E-state index contributed by atoms with van der Waals surface area (Å²) >= 11 is 7.17. The summed E-state index contributed by atoms with van der Waals surface area (Å²) in [6, 6.07) is 0. The zero-order valence-corrected chi connectivity index (χ0v) is 8.84. The van der Waals surface area contributed by atoms with E-state index in [0.29, 0.717) is 5.03 Å². The molecule has 0 aromatic heterocycles. The number of hydrogen-bond donors (Lipinski definition) is 0. The number of hydrogen-bond acceptors (Lipinski definition) is 2. The van der Waals surface area contributed by atoms with Gasteiger partial charge >= 0.3 is 0 Å². The number of carbonyl (C=O) groups excluding carboxylic acids is 1. The van der Waals surface area contributed by atoms with Gasteiger partial charge in [0.25, 0.3) is 0 Å². The van der Waals surface area contributed by atoms with Crippen molar-refractivity contribution in [2.75, 3.05) is 0 Å². The molecule has 0 heterocycles. The van der Waals surface area contributed by atoms with E-state index in [4.69, 9.17) is 11.6 Å². The van der Waals surface area contributed by atoms with Crippen LogP contribution in [0.3, 0.4) is 0 Å². The first kappa shape index (κ1) is 11.1. The molecule has 0 aliphatic heterocycles. The molecule has 0 aromatic rings. The molecule has 0 rings (SSSR count). The van der Waals surface area contributed by atoms with Gasteiger partial charge in [0, 0.05) is 11.7 Å². The second kappa shape index (κ2) is 4.17. The lowest BCUT2D eigenvalue weighted by Crippen LogP contribution is -2.05. The average molecular weight is 193 g/mol. The molecule has 3 heteroatoms. The molecule has 0 unspecified atom stereocenters. The Hall–Kier alpha value is 0.0500. The number of Topliss-reactive ketones (excluding diaryl/α,β-unsaturated/α-hetero) is 1. The van der Waals surface area contributed by atoms with E-state index in [1.807, 2.05) is 0 Å². The quantitative estimate of drug-likeness (QED) is 0.626. The molecule has 0 saturated carbocycles. The number of ketones is 1. The molecule has 0 aliphatic rings. The van der Waals surface area contributed by atoms with E-state index in [9.17, 15) is 4.79 Å². The lowest BCUT2D eigenvalue weighted by atomic mass is 10.3. The first-order valence-corrected chi connectivity index (χ1v) is 4.63. The van der Waals surface area contributed by atoms with E-state index in [0.717, 1.165) is 0 Å². The Balaban J connectivity index is 4.04. The van der Waals surface area contributed by atoms with Crippen molar-refractivity contribution in [3.05, 3.63) is 10.4 Å². The third-order valence-corrected chi connectivity index (χ3v) is 2.42. The maximum atomic E-state index is 10.6. The Morgan fingerprint density at radius 1 is 1.45 bits per heavy atom. The van der Waals surface area contributed by atoms with Crippen LogP contribution in [0.2, 0.25) is 0 Å². The van der Waals surface area contributed by atoms with Crippen molar-refractivity contribution in [1.82, 2.24) is 0 Å². The van der Waals surface area contributed by atoms with Crippen LogP contribution < -0.4 is 0 Å². The average Bonchev–Trinajstić information content (AvgIpc) is 1.80. The molecular formula is C8H13ClOS. The minimum atomic E-state index is -0.0802. The zero-order chi connectivity index (χ0) is 9.07. The van der Waals surface area contributed by atoms with Crippen molar-refractivity contribution in [3.63, 3.8) is 0 Å². The third kappa shape index (κ3) is 6.45. The summed E-state index contributed by atoms with van der Waals surface area (Å²) in [6.07, 6.45) is 0. The molecule has 0 fully saturated rings. The van der Waals surface area contributed by atoms with Gasteiger partial charge in [0.1, 0.15) is 0 Å². The number of carbonyl (C=O) groups is 1. The highest BCUT2D eigenvalue weighted by Crippen LogP contribution is 2.26. The molecule has 0 amide bonds. The van der Waals surface area contributed by atoms with E-state index in [-0.39, 0.29) is 10.5 Å². The summed E-state index contributed by atoms with van der Waals surface area (Å²) in [7, 11) is 0. The number of allylic oxidation sites excluding steroid dienone is 1. The fraction of sp³-hybridized carbons (Fsp3) is 0.625. The Kier molecular flexibility index (Phi) is 4.19. The van der Waals surface area contributed by atoms with Crippen LogP contribution in [0, 0.1) is 0 Å². The highest BCUT2D eigenvalue weighted by Gasteiger charge is 2.09. The Labute approximate surface area is 77.2 Å². The van der Waals surface area contributed by atoms with Crippen molar-refractivity contribution < 1.29 is 4.79 Å². The molecule has 0 saturated heterocycles. The molecule has 0 aliphatic carbocycles. The third-order valence-electron chi connectivity index (χ3n) is 0.852. The molecule has 0 atom stereocenters. The van der Waals surface area contributed by atoms with Crippen LogP contribution in [-0.4, -0.2) is 10.5 Å². The fourth-order valence-electron chi connectivity index (χ4n) is 0.311. The van der Waals surface area contributed by atoms with Crippen LogP contribution >= 0.6 is 23.4 Å². The van der Waals surface area contributed by atoms with Crippen molar-refractivity contribution in [2.45, 2.75) is 32.4 Å². The van der Waals surface area contributed by atoms with E-state index in [1.54, 1.807) is 17.2 Å². The van der Waals surface area contributed by atoms with Crippen LogP contribution in [0.25, 0.3) is 0 Å². The van der Waals surface area contributed by atoms with Crippen LogP contribution in [0.5, 0.6) is 0 Å². The van der Waals surface area contributed by atoms with Crippen molar-refractivity contribution >= 4 is 29.1 Å². The van der Waals surface area contributed by atoms with Crippen LogP contribution in [0.15, 0.2) is 10.4 Å². The fourth-order valence-corrected chi connectivity index (χ4v) is 1.07. The van der Waals surface area contributed by atoms with E-state index in [2.05, 4.69) is 20.8 Å². The lowest BCUT2D eigenvalue weighted by Gasteiger charge is -2.13. The Bertz CT molecular complexity index is 179. The smallest absolute Gasteiger partial charge is 0.171 e. The standard InChI is InChI=1S/C8H13ClOS/c1-6(10)7(9)5-11-8(2,3)4/h5H,1-4H3. The first-order chi connectivity index (χ1) is 4.83. The van der Waals surface area contributed by atoms with Gasteiger partial charge in [-0.25, -0.2) is 0 Å². The lowest BCUT2D eigenvalue weighted by molar-refractivity contribution is -0.113. The summed E-state index contributed by atoms with van der Waals surface area (Å²) in [4.78, 5) is 10.6. The second-order valence-corrected chi connectivity index (χ2v) is 5.36. The van der Waals surface area contributed by atoms with Crippen LogP contribution in [0.4, 0.5) is 0 Å². The molecule has 64 valence electrons. The molecule has 0 radical (unpaired) electrons. The van der Waals surface area contributed by atoms with Gasteiger partial charge in [-0.05, 0) is 5.41 Å². The van der Waals surface area contributed by atoms with Gasteiger partial charge in [0.15, 0.2) is 5.78 Å². The molecule has 0 aromatic carbocycles. The summed E-state index contributed by atoms with van der Waals surface area (Å²) in [6.45, 7) is 7.66. The van der Waals surface area contributed by atoms with Gasteiger partial charge in [0.2, 0.25) is 0 Å². The van der Waals surface area contributed by atoms with Crippen molar-refractivity contribution in [3.8, 4) is 0 Å². The van der Waals surface area contributed by atoms with Gasteiger partial charge in [-0.1, -0.05) is 32.4 Å². The van der Waals surface area contributed by atoms with E-state index in [1.165, 1.54) is 6.92 Å². The summed E-state index contributed by atoms with van der Waals surface area (Å²) in [5.41, 5.74) is 0. The molecular weight excluding hydrogens is 180 g/mol. The van der Waals surface area contributed by atoms with E-state index < -0.39 is 0 Å². The second-order valence-electron chi connectivity index (χ2n) is 3.25. The normalized spacial score (nSPS) is 13.4. The SMILES string of the molecule is CC(=O)C(Cl)=CSC(C)(C)C. The number of thioether (sulfide) groups is 1. The minimum Gasteiger partial charge on any atom is -0.293 e. The van der Waals surface area contributed by atoms with Crippen molar-refractivity contribution in [2.24, 2.45) is 0 Å². The predicted molar refractivity (Wildman–Crippen MR) is 52.0 cm³/mol. The molecule has 1 nitrogen and oxygen atoms in total. The van der Waals surface area contributed by atoms with Crippen molar-refractivity contribution in [1.29, 1.82) is 0 Å². The number of rotatable bonds is 2. The Morgan fingerprint density at radius 3 is 2.18 bits per heavy atom. The van der Waals surface area contributed by atoms with Crippen LogP contribution in [0.1, 0.15) is 27.7 Å². The van der Waals surface area contributed by atoms with Gasteiger partial charge in [-0.2, -0.15) is 0 Å². The van der Waals surface area contributed by atoms with Gasteiger partial charge in [-0.15, -0.1) is 11.8 Å². The molecule has 11 heavy (non-hydrogen) atoms. The van der Waals surface area contributed by atoms with Gasteiger partial charge in [-0.3, -0.25) is 4.79 Å². The predicted octanol–water partition coefficient (Wildman–Crippen LogP) is 3.19.